The van der Waals surface area contributed by atoms with Gasteiger partial charge in [-0.3, -0.25) is 9.69 Å². The molecule has 1 unspecified atom stereocenters. The Morgan fingerprint density at radius 3 is 2.85 bits per heavy atom. The van der Waals surface area contributed by atoms with Crippen LogP contribution in [0.1, 0.15) is 24.0 Å². The highest BCUT2D eigenvalue weighted by molar-refractivity contribution is 7.80. The summed E-state index contributed by atoms with van der Waals surface area (Å²) < 4.78 is 13.5. The number of amides is 1. The summed E-state index contributed by atoms with van der Waals surface area (Å²) in [5.41, 5.74) is 12.0. The number of nitrogens with zero attached hydrogens (tertiary/aromatic N) is 1. The number of primary amides is 1. The summed E-state index contributed by atoms with van der Waals surface area (Å²) in [6, 6.07) is 4.76. The van der Waals surface area contributed by atoms with Gasteiger partial charge in [0, 0.05) is 18.7 Å². The molecule has 108 valence electrons. The van der Waals surface area contributed by atoms with Crippen molar-refractivity contribution >= 4 is 23.1 Å². The molecule has 1 aromatic carbocycles. The van der Waals surface area contributed by atoms with Gasteiger partial charge >= 0.3 is 0 Å². The normalized spacial score (nSPS) is 19.8. The van der Waals surface area contributed by atoms with E-state index in [1.54, 1.807) is 12.1 Å². The predicted molar refractivity (Wildman–Crippen MR) is 79.5 cm³/mol. The van der Waals surface area contributed by atoms with Crippen LogP contribution in [0.4, 0.5) is 4.39 Å². The minimum Gasteiger partial charge on any atom is -0.389 e. The Hall–Kier alpha value is -1.53. The van der Waals surface area contributed by atoms with E-state index in [1.807, 2.05) is 0 Å². The summed E-state index contributed by atoms with van der Waals surface area (Å²) in [5.74, 6) is -0.758. The van der Waals surface area contributed by atoms with Gasteiger partial charge in [0.25, 0.3) is 0 Å². The summed E-state index contributed by atoms with van der Waals surface area (Å²) in [4.78, 5) is 13.5. The number of rotatable bonds is 4. The summed E-state index contributed by atoms with van der Waals surface area (Å²) in [6.45, 7) is 2.19. The van der Waals surface area contributed by atoms with Crippen molar-refractivity contribution in [3.8, 4) is 0 Å². The average Bonchev–Trinajstić information content (AvgIpc) is 2.41. The van der Waals surface area contributed by atoms with Gasteiger partial charge in [-0.15, -0.1) is 0 Å². The van der Waals surface area contributed by atoms with Gasteiger partial charge in [0.05, 0.1) is 5.92 Å². The predicted octanol–water partition coefficient (Wildman–Crippen LogP) is 1.16. The molecule has 4 N–H and O–H groups in total. The highest BCUT2D eigenvalue weighted by atomic mass is 32.1. The van der Waals surface area contributed by atoms with Crippen LogP contribution in [-0.2, 0) is 11.3 Å². The molecule has 1 aliphatic heterocycles. The maximum Gasteiger partial charge on any atom is 0.221 e. The Morgan fingerprint density at radius 1 is 1.45 bits per heavy atom. The third-order valence-electron chi connectivity index (χ3n) is 3.61. The highest BCUT2D eigenvalue weighted by Crippen LogP contribution is 2.19. The molecule has 6 heteroatoms. The minimum atomic E-state index is -0.407. The van der Waals surface area contributed by atoms with E-state index in [9.17, 15) is 9.18 Å². The zero-order valence-corrected chi connectivity index (χ0v) is 12.0. The van der Waals surface area contributed by atoms with Gasteiger partial charge in [0.2, 0.25) is 5.91 Å². The zero-order chi connectivity index (χ0) is 14.7. The van der Waals surface area contributed by atoms with Crippen LogP contribution in [0.5, 0.6) is 0 Å². The molecule has 20 heavy (non-hydrogen) atoms. The molecule has 0 aromatic heterocycles. The summed E-state index contributed by atoms with van der Waals surface area (Å²) in [7, 11) is 0. The number of hydrogen-bond donors (Lipinski definition) is 2. The second-order valence-corrected chi connectivity index (χ2v) is 5.59. The van der Waals surface area contributed by atoms with Crippen molar-refractivity contribution in [2.75, 3.05) is 13.1 Å². The third kappa shape index (κ3) is 3.52. The Morgan fingerprint density at radius 2 is 2.20 bits per heavy atom. The average molecular weight is 295 g/mol. The number of carbonyl (C=O) groups is 1. The number of benzene rings is 1. The molecule has 1 amide bonds. The van der Waals surface area contributed by atoms with E-state index in [0.717, 1.165) is 24.9 Å². The van der Waals surface area contributed by atoms with Crippen molar-refractivity contribution < 1.29 is 9.18 Å². The Kier molecular flexibility index (Phi) is 4.67. The molecule has 0 saturated carbocycles. The smallest absolute Gasteiger partial charge is 0.221 e. The van der Waals surface area contributed by atoms with Crippen LogP contribution in [0, 0.1) is 11.7 Å². The van der Waals surface area contributed by atoms with E-state index in [-0.39, 0.29) is 22.4 Å². The van der Waals surface area contributed by atoms with Crippen LogP contribution in [-0.4, -0.2) is 28.9 Å². The summed E-state index contributed by atoms with van der Waals surface area (Å²) >= 11 is 4.83. The lowest BCUT2D eigenvalue weighted by Crippen LogP contribution is -2.40. The van der Waals surface area contributed by atoms with E-state index in [0.29, 0.717) is 13.1 Å². The first-order valence-electron chi connectivity index (χ1n) is 6.57. The number of nitrogens with two attached hydrogens (primary N) is 2. The number of thiocarbonyl (C=S) groups is 1. The van der Waals surface area contributed by atoms with Crippen LogP contribution in [0.3, 0.4) is 0 Å². The molecule has 0 aliphatic carbocycles. The quantitative estimate of drug-likeness (QED) is 0.818. The topological polar surface area (TPSA) is 72.4 Å². The first kappa shape index (κ1) is 14.9. The van der Waals surface area contributed by atoms with Gasteiger partial charge in [-0.1, -0.05) is 18.3 Å². The van der Waals surface area contributed by atoms with Gasteiger partial charge in [-0.2, -0.15) is 0 Å². The number of piperidine rings is 1. The van der Waals surface area contributed by atoms with Crippen molar-refractivity contribution in [3.63, 3.8) is 0 Å². The van der Waals surface area contributed by atoms with E-state index in [1.165, 1.54) is 6.07 Å². The van der Waals surface area contributed by atoms with Crippen LogP contribution in [0.2, 0.25) is 0 Å². The maximum absolute atomic E-state index is 13.5. The summed E-state index contributed by atoms with van der Waals surface area (Å²) in [5, 5.41) is 0. The molecular formula is C14H18FN3OS. The van der Waals surface area contributed by atoms with E-state index in [2.05, 4.69) is 4.90 Å². The Labute approximate surface area is 122 Å². The molecule has 0 bridgehead atoms. The van der Waals surface area contributed by atoms with Gasteiger partial charge in [0.1, 0.15) is 10.8 Å². The molecule has 2 rings (SSSR count). The third-order valence-corrected chi connectivity index (χ3v) is 3.83. The highest BCUT2D eigenvalue weighted by Gasteiger charge is 2.24. The molecule has 0 spiro atoms. The fourth-order valence-electron chi connectivity index (χ4n) is 2.55. The second-order valence-electron chi connectivity index (χ2n) is 5.16. The minimum absolute atomic E-state index is 0.0537. The van der Waals surface area contributed by atoms with E-state index < -0.39 is 5.82 Å². The SMILES string of the molecule is NC(=O)C1CCCN(Cc2ccc(F)c(C(N)=S)c2)C1. The van der Waals surface area contributed by atoms with Crippen molar-refractivity contribution in [2.24, 2.45) is 17.4 Å². The lowest BCUT2D eigenvalue weighted by molar-refractivity contribution is -0.123. The van der Waals surface area contributed by atoms with Crippen molar-refractivity contribution in [1.29, 1.82) is 0 Å². The lowest BCUT2D eigenvalue weighted by atomic mass is 9.97. The standard InChI is InChI=1S/C14H18FN3OS/c15-12-4-3-9(6-11(12)14(17)20)7-18-5-1-2-10(8-18)13(16)19/h3-4,6,10H,1-2,5,7-8H2,(H2,16,19)(H2,17,20). The van der Waals surface area contributed by atoms with Gasteiger partial charge in [0.15, 0.2) is 0 Å². The van der Waals surface area contributed by atoms with Crippen molar-refractivity contribution in [2.45, 2.75) is 19.4 Å². The Bertz CT molecular complexity index is 535. The monoisotopic (exact) mass is 295 g/mol. The number of halogens is 1. The van der Waals surface area contributed by atoms with Crippen molar-refractivity contribution in [1.82, 2.24) is 4.90 Å². The molecule has 1 aromatic rings. The molecule has 1 saturated heterocycles. The molecular weight excluding hydrogens is 277 g/mol. The zero-order valence-electron chi connectivity index (χ0n) is 11.1. The second kappa shape index (κ2) is 6.28. The molecule has 4 nitrogen and oxygen atoms in total. The fraction of sp³-hybridized carbons (Fsp3) is 0.429. The van der Waals surface area contributed by atoms with Gasteiger partial charge < -0.3 is 11.5 Å². The number of carbonyl (C=O) groups excluding carboxylic acids is 1. The summed E-state index contributed by atoms with van der Waals surface area (Å²) in [6.07, 6.45) is 1.78. The van der Waals surface area contributed by atoms with Crippen LogP contribution >= 0.6 is 12.2 Å². The van der Waals surface area contributed by atoms with Crippen molar-refractivity contribution in [3.05, 3.63) is 35.1 Å². The van der Waals surface area contributed by atoms with Crippen LogP contribution in [0.15, 0.2) is 18.2 Å². The first-order chi connectivity index (χ1) is 9.47. The first-order valence-corrected chi connectivity index (χ1v) is 6.98. The van der Waals surface area contributed by atoms with Gasteiger partial charge in [-0.25, -0.2) is 4.39 Å². The van der Waals surface area contributed by atoms with E-state index in [4.69, 9.17) is 23.7 Å². The number of likely N-dealkylation sites (tertiary alicyclic amines) is 1. The van der Waals surface area contributed by atoms with E-state index >= 15 is 0 Å². The molecule has 1 atom stereocenters. The Balaban J connectivity index is 2.08. The lowest BCUT2D eigenvalue weighted by Gasteiger charge is -2.31. The molecule has 1 heterocycles. The fourth-order valence-corrected chi connectivity index (χ4v) is 2.71. The van der Waals surface area contributed by atoms with Gasteiger partial charge in [-0.05, 0) is 37.1 Å². The largest absolute Gasteiger partial charge is 0.389 e. The molecule has 1 aliphatic rings. The van der Waals surface area contributed by atoms with Crippen LogP contribution in [0.25, 0.3) is 0 Å². The molecule has 0 radical (unpaired) electrons. The molecule has 1 fully saturated rings. The van der Waals surface area contributed by atoms with Crippen LogP contribution < -0.4 is 11.5 Å². The number of hydrogen-bond acceptors (Lipinski definition) is 3. The maximum atomic E-state index is 13.5.